The van der Waals surface area contributed by atoms with Crippen molar-refractivity contribution in [2.24, 2.45) is 17.8 Å². The minimum Gasteiger partial charge on any atom is -0.167 e. The zero-order valence-corrected chi connectivity index (χ0v) is 18.6. The standard InChI is InChI=1S/C23H31F3I/c1-15-3-5-17(6-4-15)18-7-9-19(10-8-18)20-13-16(2)21(22(27)14-20)11-12-23(24,25)26/h11-15,17-19,27H,3-10H2,1-2H3/q+1/b12-11+. The third-order valence-electron chi connectivity index (χ3n) is 6.78. The van der Waals surface area contributed by atoms with Crippen LogP contribution >= 0.6 is 0 Å². The number of hydrogen-bond donors (Lipinski definition) is 0. The fraction of sp³-hybridized carbons (Fsp3) is 0.652. The first-order valence-corrected chi connectivity index (χ1v) is 11.5. The van der Waals surface area contributed by atoms with Gasteiger partial charge in [0.15, 0.2) is 3.57 Å². The second-order valence-corrected chi connectivity index (χ2v) is 10.0. The van der Waals surface area contributed by atoms with Gasteiger partial charge in [0.1, 0.15) is 0 Å². The molecule has 0 heterocycles. The van der Waals surface area contributed by atoms with Crippen LogP contribution < -0.4 is 22.6 Å². The first-order valence-electron chi connectivity index (χ1n) is 10.3. The Balaban J connectivity index is 1.63. The van der Waals surface area contributed by atoms with E-state index in [4.69, 9.17) is 0 Å². The Morgan fingerprint density at radius 3 is 2.00 bits per heavy atom. The summed E-state index contributed by atoms with van der Waals surface area (Å²) in [4.78, 5) is 0. The fourth-order valence-electron chi connectivity index (χ4n) is 5.10. The lowest BCUT2D eigenvalue weighted by atomic mass is 9.68. The number of rotatable bonds is 3. The molecule has 2 fully saturated rings. The van der Waals surface area contributed by atoms with Crippen LogP contribution in [0.15, 0.2) is 18.2 Å². The lowest BCUT2D eigenvalue weighted by molar-refractivity contribution is -0.328. The predicted octanol–water partition coefficient (Wildman–Crippen LogP) is 4.13. The molecule has 0 atom stereocenters. The van der Waals surface area contributed by atoms with Crippen molar-refractivity contribution in [2.45, 2.75) is 77.3 Å². The zero-order valence-electron chi connectivity index (χ0n) is 16.3. The highest BCUT2D eigenvalue weighted by Gasteiger charge is 2.31. The molecule has 0 nitrogen and oxygen atoms in total. The lowest BCUT2D eigenvalue weighted by Crippen LogP contribution is -3.34. The summed E-state index contributed by atoms with van der Waals surface area (Å²) in [5.41, 5.74) is 3.00. The Kier molecular flexibility index (Phi) is 6.97. The van der Waals surface area contributed by atoms with Crippen molar-refractivity contribution in [3.63, 3.8) is 0 Å². The third kappa shape index (κ3) is 5.74. The number of alkyl halides is 3. The molecule has 2 saturated carbocycles. The van der Waals surface area contributed by atoms with Gasteiger partial charge < -0.3 is 0 Å². The van der Waals surface area contributed by atoms with Crippen molar-refractivity contribution in [1.29, 1.82) is 0 Å². The molecular formula is C23H31F3I+. The summed E-state index contributed by atoms with van der Waals surface area (Å²) in [5, 5.41) is 0. The minimum atomic E-state index is -4.26. The number of allylic oxidation sites excluding steroid dienone is 1. The number of benzene rings is 1. The number of aryl methyl sites for hydroxylation is 1. The number of halogens is 4. The van der Waals surface area contributed by atoms with Crippen LogP contribution in [0, 0.1) is 28.2 Å². The maximum atomic E-state index is 12.5. The van der Waals surface area contributed by atoms with Crippen molar-refractivity contribution in [1.82, 2.24) is 0 Å². The van der Waals surface area contributed by atoms with Gasteiger partial charge in [-0.05, 0) is 92.4 Å². The molecule has 0 bridgehead atoms. The molecule has 1 aromatic carbocycles. The van der Waals surface area contributed by atoms with Gasteiger partial charge in [-0.2, -0.15) is 13.2 Å². The predicted molar refractivity (Wildman–Crippen MR) is 102 cm³/mol. The van der Waals surface area contributed by atoms with Crippen molar-refractivity contribution in [3.05, 3.63) is 38.5 Å². The van der Waals surface area contributed by atoms with Crippen LogP contribution in [-0.4, -0.2) is 6.18 Å². The average Bonchev–Trinajstić information content (AvgIpc) is 2.61. The molecule has 0 radical (unpaired) electrons. The maximum absolute atomic E-state index is 12.5. The summed E-state index contributed by atoms with van der Waals surface area (Å²) < 4.78 is 38.5. The highest BCUT2D eigenvalue weighted by molar-refractivity contribution is 5.54. The Hall–Kier alpha value is -0.520. The van der Waals surface area contributed by atoms with Gasteiger partial charge in [-0.15, -0.1) is 0 Å². The van der Waals surface area contributed by atoms with Crippen molar-refractivity contribution in [3.8, 4) is 0 Å². The molecule has 1 aromatic rings. The molecule has 0 amide bonds. The van der Waals surface area contributed by atoms with Crippen LogP contribution in [-0.2, 0) is 0 Å². The summed E-state index contributed by atoms with van der Waals surface area (Å²) >= 11 is 1.85. The van der Waals surface area contributed by atoms with Crippen LogP contribution in [0.5, 0.6) is 0 Å². The van der Waals surface area contributed by atoms with Crippen LogP contribution in [0.4, 0.5) is 13.2 Å². The van der Waals surface area contributed by atoms with Gasteiger partial charge in [0.25, 0.3) is 22.6 Å². The van der Waals surface area contributed by atoms with Crippen LogP contribution in [0.3, 0.4) is 0 Å². The Morgan fingerprint density at radius 2 is 1.48 bits per heavy atom. The highest BCUT2D eigenvalue weighted by atomic mass is 127. The minimum absolute atomic E-state index is 0.347. The quantitative estimate of drug-likeness (QED) is 0.559. The van der Waals surface area contributed by atoms with Crippen molar-refractivity contribution in [2.75, 3.05) is 0 Å². The van der Waals surface area contributed by atoms with Crippen molar-refractivity contribution < 1.29 is 35.8 Å². The summed E-state index contributed by atoms with van der Waals surface area (Å²) in [6, 6.07) is 4.25. The molecule has 0 unspecified atom stereocenters. The fourth-order valence-corrected chi connectivity index (χ4v) is 6.14. The third-order valence-corrected chi connectivity index (χ3v) is 7.74. The molecule has 4 heteroatoms. The van der Waals surface area contributed by atoms with E-state index in [1.165, 1.54) is 63.0 Å². The zero-order chi connectivity index (χ0) is 19.6. The highest BCUT2D eigenvalue weighted by Crippen LogP contribution is 2.44. The van der Waals surface area contributed by atoms with Gasteiger partial charge in [0.2, 0.25) is 0 Å². The summed E-state index contributed by atoms with van der Waals surface area (Å²) in [5.74, 6) is 3.31. The van der Waals surface area contributed by atoms with Gasteiger partial charge in [0, 0.05) is 11.6 Å². The molecule has 2 aliphatic carbocycles. The largest absolute Gasteiger partial charge is 0.409 e. The average molecular weight is 491 g/mol. The molecule has 0 aromatic heterocycles. The van der Waals surface area contributed by atoms with Crippen LogP contribution in [0.1, 0.15) is 80.9 Å². The molecule has 150 valence electrons. The lowest BCUT2D eigenvalue weighted by Gasteiger charge is -2.37. The van der Waals surface area contributed by atoms with E-state index in [-0.39, 0.29) is 0 Å². The van der Waals surface area contributed by atoms with E-state index in [1.54, 1.807) is 0 Å². The smallest absolute Gasteiger partial charge is 0.167 e. The summed E-state index contributed by atoms with van der Waals surface area (Å²) in [6.07, 6.45) is 8.03. The first-order chi connectivity index (χ1) is 12.7. The van der Waals surface area contributed by atoms with Gasteiger partial charge in [-0.1, -0.05) is 25.8 Å². The van der Waals surface area contributed by atoms with Gasteiger partial charge in [0.05, 0.1) is 0 Å². The molecule has 27 heavy (non-hydrogen) atoms. The molecule has 3 rings (SSSR count). The summed E-state index contributed by atoms with van der Waals surface area (Å²) in [6.45, 7) is 4.31. The van der Waals surface area contributed by atoms with Gasteiger partial charge >= 0.3 is 6.18 Å². The Bertz CT molecular complexity index is 638. The number of hydrogen-bond acceptors (Lipinski definition) is 0. The van der Waals surface area contributed by atoms with E-state index in [9.17, 15) is 13.2 Å². The topological polar surface area (TPSA) is 0 Å². The van der Waals surface area contributed by atoms with E-state index in [0.29, 0.717) is 17.6 Å². The Morgan fingerprint density at radius 1 is 0.926 bits per heavy atom. The SMILES string of the molecule is Cc1cc(C2CCC(C3CCC(C)CC3)CC2)cc([IH+])c1/C=C/C(F)(F)F. The second kappa shape index (κ2) is 8.87. The van der Waals surface area contributed by atoms with E-state index >= 15 is 0 Å². The Labute approximate surface area is 175 Å². The first kappa shape index (κ1) is 21.2. The van der Waals surface area contributed by atoms with E-state index in [1.807, 2.05) is 29.5 Å². The molecule has 0 spiro atoms. The van der Waals surface area contributed by atoms with Gasteiger partial charge in [-0.25, -0.2) is 0 Å². The van der Waals surface area contributed by atoms with E-state index < -0.39 is 6.18 Å². The molecule has 0 saturated heterocycles. The van der Waals surface area contributed by atoms with Crippen molar-refractivity contribution >= 4 is 6.08 Å². The monoisotopic (exact) mass is 491 g/mol. The van der Waals surface area contributed by atoms with Crippen LogP contribution in [0.25, 0.3) is 6.08 Å². The van der Waals surface area contributed by atoms with E-state index in [2.05, 4.69) is 19.1 Å². The van der Waals surface area contributed by atoms with Gasteiger partial charge in [-0.3, -0.25) is 0 Å². The molecule has 0 N–H and O–H groups in total. The molecule has 2 aliphatic rings. The molecular weight excluding hydrogens is 460 g/mol. The van der Waals surface area contributed by atoms with E-state index in [0.717, 1.165) is 26.9 Å². The summed E-state index contributed by atoms with van der Waals surface area (Å²) in [7, 11) is 0. The van der Waals surface area contributed by atoms with Crippen LogP contribution in [0.2, 0.25) is 0 Å². The maximum Gasteiger partial charge on any atom is 0.409 e. The normalized spacial score (nSPS) is 30.0. The molecule has 0 aliphatic heterocycles. The second-order valence-electron chi connectivity index (χ2n) is 8.76.